The lowest BCUT2D eigenvalue weighted by Gasteiger charge is -2.34. The average Bonchev–Trinajstić information content (AvgIpc) is 1.56. The Kier molecular flexibility index (Phi) is 24.9. The molecule has 0 aliphatic heterocycles. The molecule has 4 aliphatic rings. The molecule has 0 fully saturated rings. The van der Waals surface area contributed by atoms with E-state index in [-0.39, 0.29) is 21.7 Å². The van der Waals surface area contributed by atoms with Crippen molar-refractivity contribution >= 4 is 0 Å². The third kappa shape index (κ3) is 14.3. The van der Waals surface area contributed by atoms with Gasteiger partial charge in [-0.15, -0.1) is 0 Å². The Labute approximate surface area is 686 Å². The number of hydrogen-bond acceptors (Lipinski definition) is 4. The van der Waals surface area contributed by atoms with E-state index < -0.39 is 0 Å². The van der Waals surface area contributed by atoms with Crippen molar-refractivity contribution in [1.29, 1.82) is 21.0 Å². The van der Waals surface area contributed by atoms with Crippen LogP contribution in [0.3, 0.4) is 0 Å². The van der Waals surface area contributed by atoms with Crippen molar-refractivity contribution in [1.82, 2.24) is 0 Å². The molecule has 0 unspecified atom stereocenters. The molecule has 0 heterocycles. The summed E-state index contributed by atoms with van der Waals surface area (Å²) in [6.45, 7) is 14.5. The van der Waals surface area contributed by atoms with Crippen molar-refractivity contribution in [2.75, 3.05) is 0 Å². The lowest BCUT2D eigenvalue weighted by atomic mass is 9.67. The predicted octanol–water partition coefficient (Wildman–Crippen LogP) is 27.6. The van der Waals surface area contributed by atoms with Gasteiger partial charge in [-0.25, -0.2) is 0 Å². The van der Waals surface area contributed by atoms with Gasteiger partial charge in [-0.1, -0.05) is 424 Å². The van der Waals surface area contributed by atoms with E-state index in [4.69, 9.17) is 21.0 Å². The topological polar surface area (TPSA) is 95.2 Å². The van der Waals surface area contributed by atoms with Crippen LogP contribution in [0.4, 0.5) is 0 Å². The Balaban J connectivity index is 0.000000128. The van der Waals surface area contributed by atoms with E-state index in [0.717, 1.165) is 0 Å². The molecule has 0 bridgehead atoms. The third-order valence-electron chi connectivity index (χ3n) is 22.6. The van der Waals surface area contributed by atoms with Crippen molar-refractivity contribution < 1.29 is 0 Å². The summed E-state index contributed by atoms with van der Waals surface area (Å²) in [5.74, 6) is 0. The van der Waals surface area contributed by atoms with E-state index in [1.165, 1.54) is 183 Å². The monoisotopic (exact) mass is 1490 g/mol. The van der Waals surface area contributed by atoms with Crippen molar-refractivity contribution in [2.24, 2.45) is 0 Å². The fourth-order valence-corrected chi connectivity index (χ4v) is 18.5. The van der Waals surface area contributed by atoms with Crippen LogP contribution < -0.4 is 0 Å². The van der Waals surface area contributed by atoms with Gasteiger partial charge < -0.3 is 0 Å². The largest absolute Gasteiger partial charge is 0.199 e. The molecule has 0 atom stereocenters. The maximum atomic E-state index is 7.32. The molecule has 0 radical (unpaired) electrons. The summed E-state index contributed by atoms with van der Waals surface area (Å²) >= 11 is 0. The van der Waals surface area contributed by atoms with Crippen LogP contribution in [0, 0.1) is 73.0 Å². The lowest BCUT2D eigenvalue weighted by molar-refractivity contribution is 0.762. The standard InChI is InChI=1S/4C26H20.4C2H3N/c1-19-11-10-17-23-22-16-8-9-18-24(22)26(25(19)23,20-12-4-2-5-13-20)21-14-6-3-7-15-21;1-19-11-10-18-24-25(19)22-16-8-9-17-23(22)26(24,20-12-4-2-5-13-20)21-14-6-3-7-15-21;1-19-16-17-25-23(18-19)22-14-8-9-15-24(22)26(25,20-10-4-2-5-11-20)21-12-6-3-7-13-21;1-19-16-17-23-22-14-8-9-15-24(22)26(25(23)18-19,20-10-4-2-5-11-20)21-12-6-3-7-13-21;4*1-2-3/h4*2-18H,1H3;4*1H3. The van der Waals surface area contributed by atoms with Crippen LogP contribution in [0.25, 0.3) is 44.5 Å². The van der Waals surface area contributed by atoms with Gasteiger partial charge in [0.15, 0.2) is 0 Å². The highest BCUT2D eigenvalue weighted by atomic mass is 14.5. The van der Waals surface area contributed by atoms with Gasteiger partial charge in [0.25, 0.3) is 0 Å². The van der Waals surface area contributed by atoms with E-state index >= 15 is 0 Å². The van der Waals surface area contributed by atoms with Gasteiger partial charge in [0.2, 0.25) is 0 Å². The number of benzene rings is 16. The van der Waals surface area contributed by atoms with Gasteiger partial charge in [0, 0.05) is 27.7 Å². The van der Waals surface area contributed by atoms with E-state index in [2.05, 4.69) is 440 Å². The highest BCUT2D eigenvalue weighted by Crippen LogP contribution is 2.61. The first-order chi connectivity index (χ1) is 56.9. The van der Waals surface area contributed by atoms with Crippen LogP contribution in [-0.2, 0) is 21.7 Å². The number of nitrogens with zero attached hydrogens (tertiary/aromatic N) is 4. The first-order valence-corrected chi connectivity index (χ1v) is 39.5. The molecule has 4 nitrogen and oxygen atoms in total. The molecule has 0 aromatic heterocycles. The fraction of sp³-hybridized carbons (Fsp3) is 0.107. The molecule has 0 amide bonds. The summed E-state index contributed by atoms with van der Waals surface area (Å²) in [6, 6.07) is 157. The maximum absolute atomic E-state index is 7.32. The second-order valence-electron chi connectivity index (χ2n) is 29.1. The first-order valence-electron chi connectivity index (χ1n) is 39.5. The zero-order valence-electron chi connectivity index (χ0n) is 67.0. The van der Waals surface area contributed by atoms with Gasteiger partial charge in [0.1, 0.15) is 0 Å². The van der Waals surface area contributed by atoms with Gasteiger partial charge in [-0.05, 0) is 172 Å². The first kappa shape index (κ1) is 79.6. The molecular formula is C112H92N4. The van der Waals surface area contributed by atoms with Crippen molar-refractivity contribution in [3.63, 3.8) is 0 Å². The van der Waals surface area contributed by atoms with Gasteiger partial charge in [-0.2, -0.15) is 21.0 Å². The highest BCUT2D eigenvalue weighted by Gasteiger charge is 2.50. The summed E-state index contributed by atoms with van der Waals surface area (Å²) in [6.07, 6.45) is 0. The van der Waals surface area contributed by atoms with Gasteiger partial charge in [0.05, 0.1) is 45.9 Å². The summed E-state index contributed by atoms with van der Waals surface area (Å²) in [4.78, 5) is 0. The highest BCUT2D eigenvalue weighted by molar-refractivity contribution is 5.91. The van der Waals surface area contributed by atoms with Crippen molar-refractivity contribution in [3.8, 4) is 68.8 Å². The fourth-order valence-electron chi connectivity index (χ4n) is 18.5. The minimum absolute atomic E-state index is 0.262. The molecule has 16 aromatic carbocycles. The van der Waals surface area contributed by atoms with E-state index in [1.54, 1.807) is 24.3 Å². The van der Waals surface area contributed by atoms with Gasteiger partial charge >= 0.3 is 0 Å². The lowest BCUT2D eigenvalue weighted by Crippen LogP contribution is -2.29. The van der Waals surface area contributed by atoms with Gasteiger partial charge in [-0.3, -0.25) is 0 Å². The van der Waals surface area contributed by atoms with Crippen LogP contribution >= 0.6 is 0 Å². The number of nitriles is 4. The smallest absolute Gasteiger partial charge is 0.0716 e. The molecule has 20 rings (SSSR count). The Bertz CT molecular complexity index is 5910. The number of aryl methyl sites for hydroxylation is 4. The predicted molar refractivity (Wildman–Crippen MR) is 479 cm³/mol. The molecule has 0 spiro atoms. The molecule has 560 valence electrons. The summed E-state index contributed by atoms with van der Waals surface area (Å²) in [5.41, 5.74) is 36.7. The molecule has 116 heavy (non-hydrogen) atoms. The second kappa shape index (κ2) is 36.3. The third-order valence-corrected chi connectivity index (χ3v) is 22.6. The Morgan fingerprint density at radius 1 is 0.181 bits per heavy atom. The Morgan fingerprint density at radius 2 is 0.414 bits per heavy atom. The zero-order valence-corrected chi connectivity index (χ0v) is 67.0. The molecule has 0 saturated carbocycles. The molecular weight excluding hydrogens is 1400 g/mol. The average molecular weight is 1490 g/mol. The normalized spacial score (nSPS) is 12.7. The molecule has 4 aliphatic carbocycles. The van der Waals surface area contributed by atoms with Crippen LogP contribution in [0.5, 0.6) is 0 Å². The van der Waals surface area contributed by atoms with Crippen LogP contribution in [0.15, 0.2) is 413 Å². The van der Waals surface area contributed by atoms with E-state index in [0.29, 0.717) is 0 Å². The quantitative estimate of drug-likeness (QED) is 0.151. The zero-order chi connectivity index (χ0) is 81.1. The van der Waals surface area contributed by atoms with Crippen molar-refractivity contribution in [3.05, 3.63) is 524 Å². The molecule has 0 saturated heterocycles. The second-order valence-corrected chi connectivity index (χ2v) is 29.1. The minimum atomic E-state index is -0.264. The number of fused-ring (bicyclic) bond motifs is 12. The summed E-state index contributed by atoms with van der Waals surface area (Å²) in [7, 11) is 0. The SMILES string of the molecule is CC#N.CC#N.CC#N.CC#N.Cc1ccc2c(c1)-c1ccccc1C2(c1ccccc1)c1ccccc1.Cc1ccc2c(c1)C(c1ccccc1)(c1ccccc1)c1ccccc1-2.Cc1cccc2c1-c1ccccc1C2(c1ccccc1)c1ccccc1.Cc1cccc2c1C(c1ccccc1)(c1ccccc1)c1ccccc1-2. The summed E-state index contributed by atoms with van der Waals surface area (Å²) < 4.78 is 0. The van der Waals surface area contributed by atoms with Crippen LogP contribution in [0.2, 0.25) is 0 Å². The molecule has 0 N–H and O–H groups in total. The van der Waals surface area contributed by atoms with Crippen LogP contribution in [0.1, 0.15) is 139 Å². The maximum Gasteiger partial charge on any atom is 0.0716 e. The van der Waals surface area contributed by atoms with Crippen LogP contribution in [-0.4, -0.2) is 0 Å². The molecule has 4 heteroatoms. The Morgan fingerprint density at radius 3 is 0.802 bits per heavy atom. The van der Waals surface area contributed by atoms with E-state index in [9.17, 15) is 0 Å². The number of rotatable bonds is 8. The molecule has 16 aromatic rings. The van der Waals surface area contributed by atoms with Crippen molar-refractivity contribution in [2.45, 2.75) is 77.0 Å². The number of hydrogen-bond donors (Lipinski definition) is 0. The summed E-state index contributed by atoms with van der Waals surface area (Å²) in [5, 5.41) is 29.3. The van der Waals surface area contributed by atoms with E-state index in [1.807, 2.05) is 0 Å². The minimum Gasteiger partial charge on any atom is -0.199 e. The Hall–Kier alpha value is -14.5.